The van der Waals surface area contributed by atoms with Gasteiger partial charge in [0.25, 0.3) is 11.5 Å². The minimum Gasteiger partial charge on any atom is -0.336 e. The van der Waals surface area contributed by atoms with Gasteiger partial charge in [0.1, 0.15) is 5.56 Å². The van der Waals surface area contributed by atoms with Crippen molar-refractivity contribution in [2.75, 3.05) is 6.54 Å². The molecular weight excluding hydrogens is 298 g/mol. The molecule has 0 saturated heterocycles. The highest BCUT2D eigenvalue weighted by atomic mass is 32.1. The SMILES string of the molecule is CCCCN(C(=O)c1cnc2scc(C)n2c1=O)[C@H](C)CC. The van der Waals surface area contributed by atoms with Crippen LogP contribution in [0.4, 0.5) is 0 Å². The topological polar surface area (TPSA) is 54.7 Å². The van der Waals surface area contributed by atoms with Crippen molar-refractivity contribution in [2.45, 2.75) is 53.0 Å². The van der Waals surface area contributed by atoms with Gasteiger partial charge in [-0.15, -0.1) is 11.3 Å². The zero-order valence-electron chi connectivity index (χ0n) is 13.6. The zero-order valence-corrected chi connectivity index (χ0v) is 14.4. The minimum atomic E-state index is -0.265. The second kappa shape index (κ2) is 7.05. The summed E-state index contributed by atoms with van der Waals surface area (Å²) < 4.78 is 1.52. The van der Waals surface area contributed by atoms with Crippen LogP contribution in [0.15, 0.2) is 16.4 Å². The number of amides is 1. The van der Waals surface area contributed by atoms with Crippen molar-refractivity contribution >= 4 is 22.2 Å². The molecule has 2 aromatic heterocycles. The quantitative estimate of drug-likeness (QED) is 0.821. The molecule has 22 heavy (non-hydrogen) atoms. The third-order valence-electron chi connectivity index (χ3n) is 3.98. The van der Waals surface area contributed by atoms with E-state index in [4.69, 9.17) is 0 Å². The third-order valence-corrected chi connectivity index (χ3v) is 4.94. The number of aryl methyl sites for hydroxylation is 1. The first-order valence-electron chi connectivity index (χ1n) is 7.78. The Morgan fingerprint density at radius 3 is 2.82 bits per heavy atom. The highest BCUT2D eigenvalue weighted by molar-refractivity contribution is 7.15. The van der Waals surface area contributed by atoms with Crippen LogP contribution < -0.4 is 5.56 Å². The van der Waals surface area contributed by atoms with Gasteiger partial charge < -0.3 is 4.90 Å². The maximum absolute atomic E-state index is 12.8. The van der Waals surface area contributed by atoms with Gasteiger partial charge in [-0.1, -0.05) is 20.3 Å². The number of hydrogen-bond acceptors (Lipinski definition) is 4. The second-order valence-electron chi connectivity index (χ2n) is 5.58. The van der Waals surface area contributed by atoms with E-state index in [1.165, 1.54) is 21.9 Å². The van der Waals surface area contributed by atoms with Gasteiger partial charge >= 0.3 is 0 Å². The van der Waals surface area contributed by atoms with Gasteiger partial charge in [0.15, 0.2) is 4.96 Å². The van der Waals surface area contributed by atoms with Gasteiger partial charge in [0.05, 0.1) is 0 Å². The Hall–Kier alpha value is -1.69. The second-order valence-corrected chi connectivity index (χ2v) is 6.42. The average molecular weight is 321 g/mol. The van der Waals surface area contributed by atoms with E-state index in [-0.39, 0.29) is 23.1 Å². The predicted octanol–water partition coefficient (Wildman–Crippen LogP) is 3.11. The first-order chi connectivity index (χ1) is 10.5. The van der Waals surface area contributed by atoms with Crippen LogP contribution in [0.25, 0.3) is 4.96 Å². The first-order valence-corrected chi connectivity index (χ1v) is 8.66. The molecule has 0 spiro atoms. The molecule has 120 valence electrons. The van der Waals surface area contributed by atoms with Crippen molar-refractivity contribution in [1.29, 1.82) is 0 Å². The molecule has 0 N–H and O–H groups in total. The monoisotopic (exact) mass is 321 g/mol. The summed E-state index contributed by atoms with van der Waals surface area (Å²) in [5.74, 6) is -0.208. The number of hydrogen-bond donors (Lipinski definition) is 0. The lowest BCUT2D eigenvalue weighted by Crippen LogP contribution is -2.41. The summed E-state index contributed by atoms with van der Waals surface area (Å²) in [6, 6.07) is 0.114. The van der Waals surface area contributed by atoms with Crippen molar-refractivity contribution in [2.24, 2.45) is 0 Å². The molecule has 5 nitrogen and oxygen atoms in total. The largest absolute Gasteiger partial charge is 0.336 e. The summed E-state index contributed by atoms with van der Waals surface area (Å²) in [5, 5.41) is 1.88. The van der Waals surface area contributed by atoms with Crippen LogP contribution >= 0.6 is 11.3 Å². The van der Waals surface area contributed by atoms with Crippen molar-refractivity contribution in [3.63, 3.8) is 0 Å². The van der Waals surface area contributed by atoms with Crippen LogP contribution in [0.5, 0.6) is 0 Å². The van der Waals surface area contributed by atoms with E-state index in [2.05, 4.69) is 11.9 Å². The molecular formula is C16H23N3O2S. The van der Waals surface area contributed by atoms with Crippen LogP contribution in [-0.2, 0) is 0 Å². The Labute approximate surface area is 134 Å². The standard InChI is InChI=1S/C16H23N3O2S/c1-5-7-8-18(11(3)6-2)14(20)13-9-17-16-19(15(13)21)12(4)10-22-16/h9-11H,5-8H2,1-4H3/t11-/m1/s1. The van der Waals surface area contributed by atoms with Crippen molar-refractivity contribution < 1.29 is 4.79 Å². The van der Waals surface area contributed by atoms with Crippen molar-refractivity contribution in [1.82, 2.24) is 14.3 Å². The first kappa shape index (κ1) is 16.7. The fourth-order valence-corrected chi connectivity index (χ4v) is 3.22. The van der Waals surface area contributed by atoms with E-state index in [0.29, 0.717) is 11.5 Å². The van der Waals surface area contributed by atoms with Crippen LogP contribution in [0.1, 0.15) is 56.1 Å². The summed E-state index contributed by atoms with van der Waals surface area (Å²) in [4.78, 5) is 32.1. The molecule has 0 radical (unpaired) electrons. The van der Waals surface area contributed by atoms with Crippen LogP contribution in [0.3, 0.4) is 0 Å². The number of unbranched alkanes of at least 4 members (excludes halogenated alkanes) is 1. The van der Waals surface area contributed by atoms with E-state index < -0.39 is 0 Å². The Balaban J connectivity index is 2.44. The Morgan fingerprint density at radius 1 is 1.45 bits per heavy atom. The molecule has 0 bridgehead atoms. The fraction of sp³-hybridized carbons (Fsp3) is 0.562. The van der Waals surface area contributed by atoms with Gasteiger partial charge in [-0.2, -0.15) is 0 Å². The lowest BCUT2D eigenvalue weighted by Gasteiger charge is -2.28. The van der Waals surface area contributed by atoms with Crippen molar-refractivity contribution in [3.8, 4) is 0 Å². The average Bonchev–Trinajstić information content (AvgIpc) is 2.89. The number of thiazole rings is 1. The predicted molar refractivity (Wildman–Crippen MR) is 89.8 cm³/mol. The van der Waals surface area contributed by atoms with Gasteiger partial charge in [-0.05, 0) is 26.7 Å². The number of carbonyl (C=O) groups is 1. The molecule has 2 aromatic rings. The molecule has 1 amide bonds. The fourth-order valence-electron chi connectivity index (χ4n) is 2.40. The summed E-state index contributed by atoms with van der Waals surface area (Å²) in [5.41, 5.74) is 0.713. The Bertz CT molecular complexity index is 720. The number of fused-ring (bicyclic) bond motifs is 1. The van der Waals surface area contributed by atoms with E-state index in [1.807, 2.05) is 26.2 Å². The number of aromatic nitrogens is 2. The zero-order chi connectivity index (χ0) is 16.3. The number of carbonyl (C=O) groups excluding carboxylic acids is 1. The highest BCUT2D eigenvalue weighted by Crippen LogP contribution is 2.14. The molecule has 2 heterocycles. The maximum atomic E-state index is 12.8. The van der Waals surface area contributed by atoms with Gasteiger partial charge in [0, 0.05) is 29.9 Å². The smallest absolute Gasteiger partial charge is 0.271 e. The normalized spacial score (nSPS) is 12.5. The van der Waals surface area contributed by atoms with E-state index in [9.17, 15) is 9.59 Å². The number of nitrogens with zero attached hydrogens (tertiary/aromatic N) is 3. The lowest BCUT2D eigenvalue weighted by atomic mass is 10.1. The lowest BCUT2D eigenvalue weighted by molar-refractivity contribution is 0.0683. The highest BCUT2D eigenvalue weighted by Gasteiger charge is 2.24. The minimum absolute atomic E-state index is 0.114. The molecule has 0 aliphatic heterocycles. The molecule has 2 rings (SSSR count). The van der Waals surface area contributed by atoms with E-state index >= 15 is 0 Å². The van der Waals surface area contributed by atoms with E-state index in [0.717, 1.165) is 25.0 Å². The van der Waals surface area contributed by atoms with Gasteiger partial charge in [-0.25, -0.2) is 4.98 Å². The van der Waals surface area contributed by atoms with Crippen LogP contribution in [0.2, 0.25) is 0 Å². The van der Waals surface area contributed by atoms with Crippen molar-refractivity contribution in [3.05, 3.63) is 33.2 Å². The molecule has 1 atom stereocenters. The van der Waals surface area contributed by atoms with Crippen LogP contribution in [-0.4, -0.2) is 32.8 Å². The summed E-state index contributed by atoms with van der Waals surface area (Å²) >= 11 is 1.41. The summed E-state index contributed by atoms with van der Waals surface area (Å²) in [6.07, 6.45) is 4.24. The van der Waals surface area contributed by atoms with E-state index in [1.54, 1.807) is 4.90 Å². The Morgan fingerprint density at radius 2 is 2.18 bits per heavy atom. The maximum Gasteiger partial charge on any atom is 0.271 e. The molecule has 6 heteroatoms. The molecule has 0 aliphatic rings. The van der Waals surface area contributed by atoms with Gasteiger partial charge in [-0.3, -0.25) is 14.0 Å². The van der Waals surface area contributed by atoms with Gasteiger partial charge in [0.2, 0.25) is 0 Å². The molecule has 0 fully saturated rings. The molecule has 0 saturated carbocycles. The molecule has 0 aliphatic carbocycles. The summed E-state index contributed by atoms with van der Waals surface area (Å²) in [6.45, 7) is 8.69. The molecule has 0 unspecified atom stereocenters. The van der Waals surface area contributed by atoms with Crippen LogP contribution in [0, 0.1) is 6.92 Å². The molecule has 0 aromatic carbocycles. The number of rotatable bonds is 6. The Kier molecular flexibility index (Phi) is 5.34. The summed E-state index contributed by atoms with van der Waals surface area (Å²) in [7, 11) is 0. The third kappa shape index (κ3) is 3.06.